The Bertz CT molecular complexity index is 671. The topological polar surface area (TPSA) is 77.8 Å². The Morgan fingerprint density at radius 2 is 2.10 bits per heavy atom. The number of aromatic nitrogens is 1. The summed E-state index contributed by atoms with van der Waals surface area (Å²) in [6.07, 6.45) is 1.58. The second kappa shape index (κ2) is 5.85. The van der Waals surface area contributed by atoms with Crippen LogP contribution in [0.25, 0.3) is 0 Å². The fraction of sp³-hybridized carbons (Fsp3) is 0.133. The quantitative estimate of drug-likeness (QED) is 0.895. The lowest BCUT2D eigenvalue weighted by Gasteiger charge is -2.08. The van der Waals surface area contributed by atoms with Gasteiger partial charge in [-0.05, 0) is 30.7 Å². The van der Waals surface area contributed by atoms with Crippen LogP contribution in [0.4, 0.5) is 11.4 Å². The summed E-state index contributed by atoms with van der Waals surface area (Å²) in [5, 5.41) is 14.8. The molecule has 1 heterocycles. The molecule has 0 saturated heterocycles. The Balaban J connectivity index is 2.23. The molecule has 0 unspecified atom stereocenters. The van der Waals surface area contributed by atoms with Gasteiger partial charge in [0.1, 0.15) is 11.8 Å². The minimum absolute atomic E-state index is 0.300. The van der Waals surface area contributed by atoms with E-state index in [4.69, 9.17) is 5.26 Å². The van der Waals surface area contributed by atoms with Crippen molar-refractivity contribution in [1.29, 1.82) is 5.26 Å². The highest BCUT2D eigenvalue weighted by molar-refractivity contribution is 6.03. The zero-order chi connectivity index (χ0) is 14.5. The van der Waals surface area contributed by atoms with Crippen LogP contribution < -0.4 is 10.6 Å². The van der Waals surface area contributed by atoms with E-state index >= 15 is 0 Å². The number of hydrogen-bond donors (Lipinski definition) is 2. The van der Waals surface area contributed by atoms with E-state index in [0.29, 0.717) is 16.9 Å². The number of benzene rings is 1. The van der Waals surface area contributed by atoms with E-state index < -0.39 is 0 Å². The first-order chi connectivity index (χ1) is 9.65. The zero-order valence-corrected chi connectivity index (χ0v) is 11.3. The first kappa shape index (κ1) is 13.6. The molecule has 0 spiro atoms. The van der Waals surface area contributed by atoms with Gasteiger partial charge >= 0.3 is 0 Å². The summed E-state index contributed by atoms with van der Waals surface area (Å²) in [5.41, 5.74) is 2.91. The average Bonchev–Trinajstić information content (AvgIpc) is 2.47. The summed E-state index contributed by atoms with van der Waals surface area (Å²) in [5.74, 6) is -0.338. The van der Waals surface area contributed by atoms with Crippen molar-refractivity contribution >= 4 is 17.3 Å². The number of pyridine rings is 1. The van der Waals surface area contributed by atoms with Crippen LogP contribution in [0, 0.1) is 18.3 Å². The van der Waals surface area contributed by atoms with Gasteiger partial charge in [0.05, 0.1) is 23.1 Å². The highest BCUT2D eigenvalue weighted by Crippen LogP contribution is 2.19. The van der Waals surface area contributed by atoms with Crippen molar-refractivity contribution in [2.24, 2.45) is 0 Å². The van der Waals surface area contributed by atoms with Gasteiger partial charge in [-0.2, -0.15) is 5.26 Å². The summed E-state index contributed by atoms with van der Waals surface area (Å²) >= 11 is 0. The maximum atomic E-state index is 12.1. The zero-order valence-electron chi connectivity index (χ0n) is 11.3. The highest BCUT2D eigenvalue weighted by Gasteiger charge is 2.11. The smallest absolute Gasteiger partial charge is 0.274 e. The summed E-state index contributed by atoms with van der Waals surface area (Å²) in [4.78, 5) is 16.2. The Morgan fingerprint density at radius 1 is 1.30 bits per heavy atom. The van der Waals surface area contributed by atoms with E-state index in [1.165, 1.54) is 0 Å². The number of carbonyl (C=O) groups is 1. The molecule has 5 nitrogen and oxygen atoms in total. The largest absolute Gasteiger partial charge is 0.387 e. The molecule has 100 valence electrons. The number of anilines is 2. The van der Waals surface area contributed by atoms with Gasteiger partial charge in [0.15, 0.2) is 0 Å². The Morgan fingerprint density at radius 3 is 2.70 bits per heavy atom. The molecule has 0 atom stereocenters. The average molecular weight is 266 g/mol. The molecule has 2 rings (SSSR count). The highest BCUT2D eigenvalue weighted by atomic mass is 16.1. The van der Waals surface area contributed by atoms with Crippen LogP contribution in [0.3, 0.4) is 0 Å². The van der Waals surface area contributed by atoms with E-state index in [-0.39, 0.29) is 5.91 Å². The molecule has 0 bridgehead atoms. The molecule has 20 heavy (non-hydrogen) atoms. The predicted molar refractivity (Wildman–Crippen MR) is 77.6 cm³/mol. The summed E-state index contributed by atoms with van der Waals surface area (Å²) < 4.78 is 0. The minimum Gasteiger partial charge on any atom is -0.387 e. The Kier molecular flexibility index (Phi) is 3.96. The Labute approximate surface area is 117 Å². The molecule has 0 aliphatic rings. The van der Waals surface area contributed by atoms with Crippen molar-refractivity contribution in [3.63, 3.8) is 0 Å². The van der Waals surface area contributed by atoms with Crippen LogP contribution in [-0.4, -0.2) is 17.9 Å². The molecule has 0 saturated carbocycles. The van der Waals surface area contributed by atoms with Gasteiger partial charge in [0.2, 0.25) is 0 Å². The fourth-order valence-electron chi connectivity index (χ4n) is 1.78. The molecule has 0 aliphatic heterocycles. The molecule has 2 aromatic rings. The molecular weight excluding hydrogens is 252 g/mol. The lowest BCUT2D eigenvalue weighted by molar-refractivity contribution is 0.102. The standard InChI is InChI=1S/C15H14N4O/c1-10-4-3-5-13(12(10)8-16)19-15(20)14-7-6-11(17-2)9-18-14/h3-7,9,17H,1-2H3,(H,19,20). The van der Waals surface area contributed by atoms with Gasteiger partial charge in [0.25, 0.3) is 5.91 Å². The maximum absolute atomic E-state index is 12.1. The van der Waals surface area contributed by atoms with Crippen LogP contribution in [0.15, 0.2) is 36.5 Å². The molecule has 0 aliphatic carbocycles. The summed E-state index contributed by atoms with van der Waals surface area (Å²) in [6.45, 7) is 1.83. The lowest BCUT2D eigenvalue weighted by atomic mass is 10.1. The molecule has 2 N–H and O–H groups in total. The van der Waals surface area contributed by atoms with Gasteiger partial charge in [-0.15, -0.1) is 0 Å². The first-order valence-corrected chi connectivity index (χ1v) is 6.10. The third kappa shape index (κ3) is 2.75. The monoisotopic (exact) mass is 266 g/mol. The predicted octanol–water partition coefficient (Wildman–Crippen LogP) is 2.56. The van der Waals surface area contributed by atoms with Gasteiger partial charge in [-0.1, -0.05) is 12.1 Å². The summed E-state index contributed by atoms with van der Waals surface area (Å²) in [6, 6.07) is 10.8. The lowest BCUT2D eigenvalue weighted by Crippen LogP contribution is -2.14. The van der Waals surface area contributed by atoms with Crippen molar-refractivity contribution in [1.82, 2.24) is 4.98 Å². The van der Waals surface area contributed by atoms with Crippen LogP contribution in [0.5, 0.6) is 0 Å². The second-order valence-corrected chi connectivity index (χ2v) is 4.25. The number of amides is 1. The van der Waals surface area contributed by atoms with Crippen LogP contribution in [-0.2, 0) is 0 Å². The molecule has 0 fully saturated rings. The third-order valence-electron chi connectivity index (χ3n) is 2.92. The van der Waals surface area contributed by atoms with Gasteiger partial charge < -0.3 is 10.6 Å². The van der Waals surface area contributed by atoms with E-state index in [1.807, 2.05) is 13.0 Å². The fourth-order valence-corrected chi connectivity index (χ4v) is 1.78. The van der Waals surface area contributed by atoms with Gasteiger partial charge in [-0.25, -0.2) is 4.98 Å². The van der Waals surface area contributed by atoms with E-state index in [9.17, 15) is 4.79 Å². The first-order valence-electron chi connectivity index (χ1n) is 6.10. The van der Waals surface area contributed by atoms with E-state index in [2.05, 4.69) is 21.7 Å². The molecule has 0 radical (unpaired) electrons. The number of rotatable bonds is 3. The van der Waals surface area contributed by atoms with Crippen LogP contribution in [0.1, 0.15) is 21.6 Å². The number of hydrogen-bond acceptors (Lipinski definition) is 4. The maximum Gasteiger partial charge on any atom is 0.274 e. The normalized spacial score (nSPS) is 9.65. The minimum atomic E-state index is -0.338. The van der Waals surface area contributed by atoms with Crippen molar-refractivity contribution in [2.75, 3.05) is 17.7 Å². The molecule has 1 aromatic carbocycles. The molecule has 5 heteroatoms. The molecule has 1 aromatic heterocycles. The van der Waals surface area contributed by atoms with Crippen LogP contribution >= 0.6 is 0 Å². The van der Waals surface area contributed by atoms with Gasteiger partial charge in [0, 0.05) is 7.05 Å². The van der Waals surface area contributed by atoms with Crippen molar-refractivity contribution < 1.29 is 4.79 Å². The SMILES string of the molecule is CNc1ccc(C(=O)Nc2cccc(C)c2C#N)nc1. The number of aryl methyl sites for hydroxylation is 1. The molecular formula is C15H14N4O. The number of nitriles is 1. The third-order valence-corrected chi connectivity index (χ3v) is 2.92. The van der Waals surface area contributed by atoms with Crippen molar-refractivity contribution in [2.45, 2.75) is 6.92 Å². The van der Waals surface area contributed by atoms with E-state index in [1.54, 1.807) is 37.5 Å². The summed E-state index contributed by atoms with van der Waals surface area (Å²) in [7, 11) is 1.78. The second-order valence-electron chi connectivity index (χ2n) is 4.25. The number of nitrogens with zero attached hydrogens (tertiary/aromatic N) is 2. The van der Waals surface area contributed by atoms with Gasteiger partial charge in [-0.3, -0.25) is 4.79 Å². The van der Waals surface area contributed by atoms with Crippen LogP contribution in [0.2, 0.25) is 0 Å². The van der Waals surface area contributed by atoms with Crippen molar-refractivity contribution in [3.05, 3.63) is 53.3 Å². The van der Waals surface area contributed by atoms with Crippen molar-refractivity contribution in [3.8, 4) is 6.07 Å². The molecule has 1 amide bonds. The van der Waals surface area contributed by atoms with E-state index in [0.717, 1.165) is 11.3 Å². The number of nitrogens with one attached hydrogen (secondary N) is 2. The number of carbonyl (C=O) groups excluding carboxylic acids is 1. The Hall–Kier alpha value is -2.87.